The molecule has 34 heavy (non-hydrogen) atoms. The summed E-state index contributed by atoms with van der Waals surface area (Å²) in [6.45, 7) is 1.80. The molecule has 0 saturated carbocycles. The van der Waals surface area contributed by atoms with Gasteiger partial charge in [-0.3, -0.25) is 9.59 Å². The number of sulfonamides is 1. The van der Waals surface area contributed by atoms with Crippen LogP contribution in [0.4, 0.5) is 11.4 Å². The molecule has 2 amide bonds. The van der Waals surface area contributed by atoms with Crippen molar-refractivity contribution in [2.75, 3.05) is 37.0 Å². The first kappa shape index (κ1) is 24.2. The molecule has 2 aromatic rings. The minimum absolute atomic E-state index is 0.121. The molecule has 0 unspecified atom stereocenters. The quantitative estimate of drug-likeness (QED) is 0.617. The summed E-state index contributed by atoms with van der Waals surface area (Å²) in [4.78, 5) is 26.4. The summed E-state index contributed by atoms with van der Waals surface area (Å²) in [5.74, 6) is 0.497. The van der Waals surface area contributed by atoms with Gasteiger partial charge in [-0.15, -0.1) is 0 Å². The lowest BCUT2D eigenvalue weighted by Gasteiger charge is -2.26. The van der Waals surface area contributed by atoms with Crippen LogP contribution in [0.3, 0.4) is 0 Å². The molecule has 182 valence electrons. The summed E-state index contributed by atoms with van der Waals surface area (Å²) in [7, 11) is -2.03. The average molecular weight is 486 g/mol. The molecule has 0 atom stereocenters. The molecule has 4 rings (SSSR count). The van der Waals surface area contributed by atoms with Gasteiger partial charge in [0.25, 0.3) is 0 Å². The first-order valence-corrected chi connectivity index (χ1v) is 13.2. The number of piperidine rings is 1. The third-order valence-corrected chi connectivity index (χ3v) is 8.26. The van der Waals surface area contributed by atoms with Crippen molar-refractivity contribution in [1.82, 2.24) is 4.31 Å². The van der Waals surface area contributed by atoms with Crippen molar-refractivity contribution in [2.24, 2.45) is 0 Å². The molecule has 0 radical (unpaired) electrons. The van der Waals surface area contributed by atoms with Crippen LogP contribution >= 0.6 is 0 Å². The lowest BCUT2D eigenvalue weighted by atomic mass is 10.1. The number of anilines is 2. The van der Waals surface area contributed by atoms with Gasteiger partial charge >= 0.3 is 0 Å². The summed E-state index contributed by atoms with van der Waals surface area (Å²) >= 11 is 0. The molecule has 8 nitrogen and oxygen atoms in total. The van der Waals surface area contributed by atoms with Crippen molar-refractivity contribution in [2.45, 2.75) is 49.8 Å². The third kappa shape index (κ3) is 5.42. The Kier molecular flexibility index (Phi) is 7.53. The Labute approximate surface area is 200 Å². The average Bonchev–Trinajstić information content (AvgIpc) is 3.29. The maximum atomic E-state index is 13.0. The van der Waals surface area contributed by atoms with Gasteiger partial charge in [0.15, 0.2) is 0 Å². The molecule has 0 bridgehead atoms. The van der Waals surface area contributed by atoms with E-state index in [2.05, 4.69) is 5.32 Å². The first-order valence-electron chi connectivity index (χ1n) is 11.8. The summed E-state index contributed by atoms with van der Waals surface area (Å²) < 4.78 is 33.0. The van der Waals surface area contributed by atoms with E-state index in [1.165, 1.54) is 11.4 Å². The van der Waals surface area contributed by atoms with Crippen LogP contribution in [0.2, 0.25) is 0 Å². The van der Waals surface area contributed by atoms with Gasteiger partial charge in [0.2, 0.25) is 21.8 Å². The van der Waals surface area contributed by atoms with E-state index >= 15 is 0 Å². The maximum absolute atomic E-state index is 13.0. The number of nitrogens with one attached hydrogen (secondary N) is 1. The normalized spacial score (nSPS) is 17.1. The molecule has 2 fully saturated rings. The molecule has 2 aliphatic heterocycles. The maximum Gasteiger partial charge on any atom is 0.243 e. The summed E-state index contributed by atoms with van der Waals surface area (Å²) in [6.07, 6.45) is 4.75. The number of benzene rings is 2. The number of carbonyl (C=O) groups is 2. The predicted molar refractivity (Wildman–Crippen MR) is 131 cm³/mol. The monoisotopic (exact) mass is 485 g/mol. The van der Waals surface area contributed by atoms with E-state index in [1.54, 1.807) is 35.2 Å². The topological polar surface area (TPSA) is 96.0 Å². The molecule has 2 heterocycles. The largest absolute Gasteiger partial charge is 0.496 e. The molecular weight excluding hydrogens is 454 g/mol. The number of nitrogens with zero attached hydrogens (tertiary/aromatic N) is 2. The Morgan fingerprint density at radius 2 is 1.74 bits per heavy atom. The highest BCUT2D eigenvalue weighted by molar-refractivity contribution is 7.89. The van der Waals surface area contributed by atoms with E-state index in [4.69, 9.17) is 4.74 Å². The fourth-order valence-electron chi connectivity index (χ4n) is 4.48. The Balaban J connectivity index is 1.40. The SMILES string of the molecule is COc1ccc(S(=O)(=O)N2CCCCC2)cc1CCC(=O)Nc1ccc(N2CCCC2=O)cc1. The second-order valence-electron chi connectivity index (χ2n) is 8.68. The van der Waals surface area contributed by atoms with Crippen molar-refractivity contribution in [3.63, 3.8) is 0 Å². The highest BCUT2D eigenvalue weighted by Gasteiger charge is 2.27. The van der Waals surface area contributed by atoms with Gasteiger partial charge in [0.1, 0.15) is 5.75 Å². The van der Waals surface area contributed by atoms with Gasteiger partial charge in [0, 0.05) is 43.9 Å². The van der Waals surface area contributed by atoms with Crippen LogP contribution in [0.1, 0.15) is 44.1 Å². The van der Waals surface area contributed by atoms with Crippen LogP contribution in [0.15, 0.2) is 47.4 Å². The van der Waals surface area contributed by atoms with E-state index in [1.807, 2.05) is 12.1 Å². The van der Waals surface area contributed by atoms with Gasteiger partial charge in [-0.25, -0.2) is 8.42 Å². The van der Waals surface area contributed by atoms with Crippen LogP contribution in [0.5, 0.6) is 5.75 Å². The highest BCUT2D eigenvalue weighted by atomic mass is 32.2. The molecule has 0 spiro atoms. The highest BCUT2D eigenvalue weighted by Crippen LogP contribution is 2.28. The Morgan fingerprint density at radius 1 is 1.00 bits per heavy atom. The van der Waals surface area contributed by atoms with Crippen LogP contribution in [0.25, 0.3) is 0 Å². The van der Waals surface area contributed by atoms with Crippen molar-refractivity contribution in [3.05, 3.63) is 48.0 Å². The van der Waals surface area contributed by atoms with Gasteiger partial charge in [-0.1, -0.05) is 6.42 Å². The Morgan fingerprint density at radius 3 is 2.38 bits per heavy atom. The van der Waals surface area contributed by atoms with E-state index in [-0.39, 0.29) is 23.1 Å². The summed E-state index contributed by atoms with van der Waals surface area (Å²) in [5.41, 5.74) is 2.16. The van der Waals surface area contributed by atoms with Crippen LogP contribution in [-0.2, 0) is 26.0 Å². The number of hydrogen-bond donors (Lipinski definition) is 1. The molecule has 0 aliphatic carbocycles. The number of hydrogen-bond acceptors (Lipinski definition) is 5. The fraction of sp³-hybridized carbons (Fsp3) is 0.440. The lowest BCUT2D eigenvalue weighted by Crippen LogP contribution is -2.35. The van der Waals surface area contributed by atoms with Gasteiger partial charge in [-0.2, -0.15) is 4.31 Å². The standard InChI is InChI=1S/C25H31N3O5S/c1-33-23-13-12-22(34(31,32)27-15-3-2-4-16-27)18-19(23)7-14-24(29)26-20-8-10-21(11-9-20)28-17-5-6-25(28)30/h8-13,18H,2-7,14-17H2,1H3,(H,26,29). The van der Waals surface area contributed by atoms with E-state index in [0.717, 1.165) is 37.9 Å². The third-order valence-electron chi connectivity index (χ3n) is 6.36. The van der Waals surface area contributed by atoms with Gasteiger partial charge < -0.3 is 15.0 Å². The Hall–Kier alpha value is -2.91. The van der Waals surface area contributed by atoms with Crippen molar-refractivity contribution in [1.29, 1.82) is 0 Å². The van der Waals surface area contributed by atoms with Crippen LogP contribution in [0, 0.1) is 0 Å². The molecule has 1 N–H and O–H groups in total. The zero-order chi connectivity index (χ0) is 24.1. The molecule has 9 heteroatoms. The molecular formula is C25H31N3O5S. The van der Waals surface area contributed by atoms with Gasteiger partial charge in [0.05, 0.1) is 12.0 Å². The predicted octanol–water partition coefficient (Wildman–Crippen LogP) is 3.57. The summed E-state index contributed by atoms with van der Waals surface area (Å²) in [6, 6.07) is 12.1. The number of aryl methyl sites for hydroxylation is 1. The minimum atomic E-state index is -3.56. The minimum Gasteiger partial charge on any atom is -0.496 e. The summed E-state index contributed by atoms with van der Waals surface area (Å²) in [5, 5.41) is 2.87. The number of amides is 2. The molecule has 2 aliphatic rings. The van der Waals surface area contributed by atoms with Crippen molar-refractivity contribution in [3.8, 4) is 5.75 Å². The smallest absolute Gasteiger partial charge is 0.243 e. The number of ether oxygens (including phenoxy) is 1. The first-order chi connectivity index (χ1) is 16.4. The fourth-order valence-corrected chi connectivity index (χ4v) is 6.05. The zero-order valence-electron chi connectivity index (χ0n) is 19.5. The van der Waals surface area contributed by atoms with E-state index < -0.39 is 10.0 Å². The van der Waals surface area contributed by atoms with Gasteiger partial charge in [-0.05, 0) is 73.7 Å². The number of methoxy groups -OCH3 is 1. The molecule has 2 saturated heterocycles. The second kappa shape index (κ2) is 10.6. The lowest BCUT2D eigenvalue weighted by molar-refractivity contribution is -0.117. The number of carbonyl (C=O) groups excluding carboxylic acids is 2. The second-order valence-corrected chi connectivity index (χ2v) is 10.6. The van der Waals surface area contributed by atoms with Crippen LogP contribution in [-0.4, -0.2) is 51.3 Å². The van der Waals surface area contributed by atoms with E-state index in [0.29, 0.717) is 42.9 Å². The molecule has 2 aromatic carbocycles. The number of rotatable bonds is 8. The van der Waals surface area contributed by atoms with Crippen LogP contribution < -0.4 is 15.0 Å². The zero-order valence-corrected chi connectivity index (χ0v) is 20.3. The van der Waals surface area contributed by atoms with Crippen molar-refractivity contribution >= 4 is 33.2 Å². The van der Waals surface area contributed by atoms with Crippen molar-refractivity contribution < 1.29 is 22.7 Å². The Bertz CT molecular complexity index is 1140. The van der Waals surface area contributed by atoms with E-state index in [9.17, 15) is 18.0 Å². The molecule has 0 aromatic heterocycles.